The molecular formula is C14H15FN4O2. The van der Waals surface area contributed by atoms with Crippen LogP contribution in [0.5, 0.6) is 0 Å². The summed E-state index contributed by atoms with van der Waals surface area (Å²) in [6.45, 7) is 2.18. The predicted molar refractivity (Wildman–Crippen MR) is 76.1 cm³/mol. The third kappa shape index (κ3) is 3.65. The van der Waals surface area contributed by atoms with E-state index in [0.29, 0.717) is 5.69 Å². The largest absolute Gasteiger partial charge is 0.462 e. The summed E-state index contributed by atoms with van der Waals surface area (Å²) in [7, 11) is 0. The minimum absolute atomic E-state index is 0.0380. The van der Waals surface area contributed by atoms with Crippen molar-refractivity contribution in [3.8, 4) is 0 Å². The summed E-state index contributed by atoms with van der Waals surface area (Å²) in [5.74, 6) is -1.14. The first kappa shape index (κ1) is 14.7. The van der Waals surface area contributed by atoms with Crippen LogP contribution in [0.2, 0.25) is 0 Å². The van der Waals surface area contributed by atoms with E-state index in [1.807, 2.05) is 0 Å². The van der Waals surface area contributed by atoms with Crippen LogP contribution in [0, 0.1) is 5.82 Å². The molecule has 7 heteroatoms. The normalized spacial score (nSPS) is 10.2. The summed E-state index contributed by atoms with van der Waals surface area (Å²) in [4.78, 5) is 11.7. The maximum Gasteiger partial charge on any atom is 0.340 e. The average Bonchev–Trinajstić information content (AvgIpc) is 2.47. The Kier molecular flexibility index (Phi) is 4.65. The van der Waals surface area contributed by atoms with Crippen molar-refractivity contribution in [3.05, 3.63) is 47.5 Å². The fourth-order valence-corrected chi connectivity index (χ4v) is 1.72. The van der Waals surface area contributed by atoms with Gasteiger partial charge in [0.05, 0.1) is 30.1 Å². The fourth-order valence-electron chi connectivity index (χ4n) is 1.72. The number of ether oxygens (including phenoxy) is 1. The lowest BCUT2D eigenvalue weighted by Gasteiger charge is -2.11. The zero-order chi connectivity index (χ0) is 15.2. The quantitative estimate of drug-likeness (QED) is 0.646. The number of benzene rings is 1. The minimum atomic E-state index is -0.586. The highest BCUT2D eigenvalue weighted by Gasteiger charge is 2.15. The Hall–Kier alpha value is -2.70. The number of nitrogens with one attached hydrogen (secondary N) is 1. The van der Waals surface area contributed by atoms with Crippen LogP contribution in [0.25, 0.3) is 0 Å². The summed E-state index contributed by atoms with van der Waals surface area (Å²) < 4.78 is 18.7. The first-order valence-corrected chi connectivity index (χ1v) is 6.38. The maximum atomic E-state index is 13.9. The van der Waals surface area contributed by atoms with Crippen molar-refractivity contribution in [2.75, 3.05) is 17.7 Å². The monoisotopic (exact) mass is 290 g/mol. The first-order chi connectivity index (χ1) is 10.1. The molecule has 0 aliphatic carbocycles. The zero-order valence-electron chi connectivity index (χ0n) is 11.5. The van der Waals surface area contributed by atoms with E-state index in [0.717, 1.165) is 6.07 Å². The predicted octanol–water partition coefficient (Wildman–Crippen LogP) is 1.99. The molecule has 1 aromatic carbocycles. The number of nitrogen functional groups attached to an aromatic ring is 1. The molecule has 0 bridgehead atoms. The van der Waals surface area contributed by atoms with Crippen molar-refractivity contribution in [3.63, 3.8) is 0 Å². The van der Waals surface area contributed by atoms with Gasteiger partial charge in [-0.1, -0.05) is 0 Å². The molecule has 0 fully saturated rings. The molecule has 0 unspecified atom stereocenters. The van der Waals surface area contributed by atoms with Gasteiger partial charge in [-0.3, -0.25) is 0 Å². The molecule has 1 heterocycles. The van der Waals surface area contributed by atoms with Crippen LogP contribution in [-0.4, -0.2) is 22.8 Å². The van der Waals surface area contributed by atoms with E-state index in [2.05, 4.69) is 15.5 Å². The lowest BCUT2D eigenvalue weighted by Crippen LogP contribution is -2.11. The van der Waals surface area contributed by atoms with Crippen LogP contribution < -0.4 is 11.1 Å². The molecular weight excluding hydrogens is 275 g/mol. The van der Waals surface area contributed by atoms with E-state index in [4.69, 9.17) is 10.5 Å². The Morgan fingerprint density at radius 3 is 2.95 bits per heavy atom. The molecule has 110 valence electrons. The number of carbonyl (C=O) groups is 1. The van der Waals surface area contributed by atoms with Gasteiger partial charge in [-0.15, -0.1) is 0 Å². The van der Waals surface area contributed by atoms with Gasteiger partial charge in [0.2, 0.25) is 0 Å². The second kappa shape index (κ2) is 6.65. The zero-order valence-corrected chi connectivity index (χ0v) is 11.5. The molecule has 0 aliphatic rings. The van der Waals surface area contributed by atoms with Crippen LogP contribution in [-0.2, 0) is 11.3 Å². The van der Waals surface area contributed by atoms with Gasteiger partial charge in [-0.05, 0) is 31.2 Å². The fraction of sp³-hybridized carbons (Fsp3) is 0.214. The molecule has 1 aromatic heterocycles. The smallest absolute Gasteiger partial charge is 0.340 e. The van der Waals surface area contributed by atoms with Crippen molar-refractivity contribution < 1.29 is 13.9 Å². The highest BCUT2D eigenvalue weighted by atomic mass is 19.1. The molecule has 0 radical (unpaired) electrons. The van der Waals surface area contributed by atoms with Crippen LogP contribution in [0.3, 0.4) is 0 Å². The number of halogens is 1. The van der Waals surface area contributed by atoms with E-state index in [-0.39, 0.29) is 30.1 Å². The summed E-state index contributed by atoms with van der Waals surface area (Å²) in [6.07, 6.45) is 1.55. The highest BCUT2D eigenvalue weighted by Crippen LogP contribution is 2.23. The van der Waals surface area contributed by atoms with Gasteiger partial charge in [0.1, 0.15) is 5.82 Å². The van der Waals surface area contributed by atoms with E-state index >= 15 is 0 Å². The molecule has 0 amide bonds. The number of esters is 1. The molecule has 2 aromatic rings. The van der Waals surface area contributed by atoms with E-state index < -0.39 is 11.8 Å². The number of hydrogen-bond donors (Lipinski definition) is 2. The number of aromatic nitrogens is 2. The molecule has 0 atom stereocenters. The molecule has 21 heavy (non-hydrogen) atoms. The van der Waals surface area contributed by atoms with E-state index in [1.54, 1.807) is 25.3 Å². The highest BCUT2D eigenvalue weighted by molar-refractivity contribution is 5.96. The van der Waals surface area contributed by atoms with Crippen LogP contribution in [0.4, 0.5) is 15.8 Å². The van der Waals surface area contributed by atoms with Gasteiger partial charge >= 0.3 is 5.97 Å². The molecule has 0 aliphatic heterocycles. The molecule has 0 spiro atoms. The second-order valence-electron chi connectivity index (χ2n) is 4.21. The summed E-state index contributed by atoms with van der Waals surface area (Å²) >= 11 is 0. The Morgan fingerprint density at radius 2 is 2.29 bits per heavy atom. The molecule has 0 saturated carbocycles. The van der Waals surface area contributed by atoms with Crippen molar-refractivity contribution >= 4 is 17.3 Å². The van der Waals surface area contributed by atoms with Crippen LogP contribution >= 0.6 is 0 Å². The first-order valence-electron chi connectivity index (χ1n) is 6.38. The molecule has 3 N–H and O–H groups in total. The topological polar surface area (TPSA) is 90.1 Å². The Balaban J connectivity index is 2.19. The van der Waals surface area contributed by atoms with Gasteiger partial charge < -0.3 is 15.8 Å². The Morgan fingerprint density at radius 1 is 1.48 bits per heavy atom. The maximum absolute atomic E-state index is 13.9. The summed E-state index contributed by atoms with van der Waals surface area (Å²) in [6, 6.07) is 5.90. The number of rotatable bonds is 5. The number of nitrogens with two attached hydrogens (primary N) is 1. The molecule has 6 nitrogen and oxygen atoms in total. The molecule has 2 rings (SSSR count). The SMILES string of the molecule is CCOC(=O)c1cc(NCc2cccnn2)c(F)cc1N. The standard InChI is InChI=1S/C14H15FN4O2/c1-2-21-14(20)10-6-13(11(15)7-12(10)16)17-8-9-4-3-5-18-19-9/h3-7,17H,2,8,16H2,1H3. The van der Waals surface area contributed by atoms with Gasteiger partial charge in [-0.2, -0.15) is 10.2 Å². The number of anilines is 2. The summed E-state index contributed by atoms with van der Waals surface area (Å²) in [5, 5.41) is 10.5. The Bertz CT molecular complexity index is 634. The number of nitrogens with zero attached hydrogens (tertiary/aromatic N) is 2. The average molecular weight is 290 g/mol. The van der Waals surface area contributed by atoms with E-state index in [1.165, 1.54) is 6.07 Å². The van der Waals surface area contributed by atoms with Gasteiger partial charge in [0, 0.05) is 11.9 Å². The van der Waals surface area contributed by atoms with Crippen molar-refractivity contribution in [1.82, 2.24) is 10.2 Å². The minimum Gasteiger partial charge on any atom is -0.462 e. The lowest BCUT2D eigenvalue weighted by molar-refractivity contribution is 0.0527. The van der Waals surface area contributed by atoms with Crippen molar-refractivity contribution in [2.45, 2.75) is 13.5 Å². The second-order valence-corrected chi connectivity index (χ2v) is 4.21. The molecule has 0 saturated heterocycles. The van der Waals surface area contributed by atoms with E-state index in [9.17, 15) is 9.18 Å². The summed E-state index contributed by atoms with van der Waals surface area (Å²) in [5.41, 5.74) is 6.60. The van der Waals surface area contributed by atoms with Crippen LogP contribution in [0.1, 0.15) is 23.0 Å². The Labute approximate surface area is 121 Å². The lowest BCUT2D eigenvalue weighted by atomic mass is 10.1. The number of hydrogen-bond acceptors (Lipinski definition) is 6. The van der Waals surface area contributed by atoms with Crippen molar-refractivity contribution in [1.29, 1.82) is 0 Å². The number of carbonyl (C=O) groups excluding carboxylic acids is 1. The van der Waals surface area contributed by atoms with Crippen LogP contribution in [0.15, 0.2) is 30.5 Å². The third-order valence-corrected chi connectivity index (χ3v) is 2.72. The third-order valence-electron chi connectivity index (χ3n) is 2.72. The van der Waals surface area contributed by atoms with Crippen molar-refractivity contribution in [2.24, 2.45) is 0 Å². The van der Waals surface area contributed by atoms with Gasteiger partial charge in [-0.25, -0.2) is 9.18 Å². The van der Waals surface area contributed by atoms with Gasteiger partial charge in [0.15, 0.2) is 0 Å². The van der Waals surface area contributed by atoms with Gasteiger partial charge in [0.25, 0.3) is 0 Å².